The fourth-order valence-electron chi connectivity index (χ4n) is 4.09. The number of hydrogen-bond donors (Lipinski definition) is 2. The van der Waals surface area contributed by atoms with Gasteiger partial charge in [-0.3, -0.25) is 14.3 Å². The van der Waals surface area contributed by atoms with Crippen LogP contribution in [0.3, 0.4) is 0 Å². The molecule has 4 aromatic rings. The molecular weight excluding hydrogens is 445 g/mol. The van der Waals surface area contributed by atoms with Crippen LogP contribution in [0, 0.1) is 0 Å². The minimum Gasteiger partial charge on any atom is -0.377 e. The number of ether oxygens (including phenoxy) is 1. The molecule has 1 aliphatic rings. The molecule has 1 aliphatic heterocycles. The first-order chi connectivity index (χ1) is 16.0. The van der Waals surface area contributed by atoms with E-state index in [-0.39, 0.29) is 25.0 Å². The van der Waals surface area contributed by atoms with Crippen LogP contribution in [-0.4, -0.2) is 65.9 Å². The van der Waals surface area contributed by atoms with Gasteiger partial charge < -0.3 is 20.3 Å². The first-order valence-electron chi connectivity index (χ1n) is 10.4. The summed E-state index contributed by atoms with van der Waals surface area (Å²) in [7, 11) is 3.05. The maximum Gasteiger partial charge on any atom is 0.325 e. The number of fused-ring (bicyclic) bond motifs is 2. The van der Waals surface area contributed by atoms with Crippen molar-refractivity contribution in [3.05, 3.63) is 53.7 Å². The molecule has 1 aromatic carbocycles. The third kappa shape index (κ3) is 3.81. The lowest BCUT2D eigenvalue weighted by atomic mass is 10.2. The highest BCUT2D eigenvalue weighted by atomic mass is 32.1. The third-order valence-electron chi connectivity index (χ3n) is 5.81. The maximum absolute atomic E-state index is 14.0. The van der Waals surface area contributed by atoms with Crippen molar-refractivity contribution in [3.63, 3.8) is 0 Å². The smallest absolute Gasteiger partial charge is 0.325 e. The second kappa shape index (κ2) is 8.45. The van der Waals surface area contributed by atoms with E-state index in [4.69, 9.17) is 4.74 Å². The van der Waals surface area contributed by atoms with E-state index in [0.717, 1.165) is 27.0 Å². The van der Waals surface area contributed by atoms with Gasteiger partial charge in [-0.2, -0.15) is 0 Å². The number of carbonyl (C=O) groups excluding carboxylic acids is 2. The molecule has 33 heavy (non-hydrogen) atoms. The van der Waals surface area contributed by atoms with Gasteiger partial charge in [-0.25, -0.2) is 9.18 Å². The lowest BCUT2D eigenvalue weighted by Gasteiger charge is -2.14. The monoisotopic (exact) mass is 467 g/mol. The highest BCUT2D eigenvalue weighted by molar-refractivity contribution is 7.21. The van der Waals surface area contributed by atoms with Crippen LogP contribution in [0.25, 0.3) is 21.1 Å². The Hall–Kier alpha value is -3.50. The maximum atomic E-state index is 14.0. The Morgan fingerprint density at radius 2 is 2.06 bits per heavy atom. The van der Waals surface area contributed by atoms with Crippen molar-refractivity contribution in [2.24, 2.45) is 0 Å². The Morgan fingerprint density at radius 3 is 2.82 bits per heavy atom. The molecule has 2 atom stereocenters. The van der Waals surface area contributed by atoms with Crippen molar-refractivity contribution in [2.45, 2.75) is 12.3 Å². The lowest BCUT2D eigenvalue weighted by molar-refractivity contribution is 0.0596. The number of methoxy groups -OCH3 is 1. The van der Waals surface area contributed by atoms with Gasteiger partial charge in [0.1, 0.15) is 12.3 Å². The Kier molecular flexibility index (Phi) is 5.47. The zero-order valence-electron chi connectivity index (χ0n) is 18.0. The van der Waals surface area contributed by atoms with E-state index in [1.807, 2.05) is 30.3 Å². The highest BCUT2D eigenvalue weighted by Gasteiger charge is 2.36. The fourth-order valence-corrected chi connectivity index (χ4v) is 5.15. The second-order valence-electron chi connectivity index (χ2n) is 7.82. The first-order valence-corrected chi connectivity index (χ1v) is 11.2. The number of rotatable bonds is 4. The fraction of sp³-hybridized carbons (Fsp3) is 0.261. The summed E-state index contributed by atoms with van der Waals surface area (Å²) in [5.41, 5.74) is 3.15. The second-order valence-corrected chi connectivity index (χ2v) is 8.88. The van der Waals surface area contributed by atoms with E-state index in [2.05, 4.69) is 15.6 Å². The Labute approximate surface area is 193 Å². The molecule has 8 nitrogen and oxygen atoms in total. The van der Waals surface area contributed by atoms with Gasteiger partial charge in [-0.1, -0.05) is 0 Å². The standard InChI is InChI=1S/C23H22FN5O3S/c1-25-23(31)29-8-6-13-9-14(3-4-18(13)29)27-16-5-7-26-17-10-20(33-21(16)17)22(30)28-11-15(24)19(12-28)32-2/h3-10,15,19H,11-12H2,1-2H3,(H,25,31)(H,26,27)/t15?,19-/m1/s1. The van der Waals surface area contributed by atoms with Crippen LogP contribution >= 0.6 is 11.3 Å². The number of amides is 2. The molecular formula is C23H22FN5O3S. The number of hydrogen-bond acceptors (Lipinski definition) is 6. The van der Waals surface area contributed by atoms with Crippen molar-refractivity contribution in [3.8, 4) is 0 Å². The number of aromatic nitrogens is 2. The van der Waals surface area contributed by atoms with E-state index >= 15 is 0 Å². The average molecular weight is 468 g/mol. The summed E-state index contributed by atoms with van der Waals surface area (Å²) in [6, 6.07) is 11.0. The van der Waals surface area contributed by atoms with E-state index in [1.54, 1.807) is 30.1 Å². The molecule has 170 valence electrons. The summed E-state index contributed by atoms with van der Waals surface area (Å²) >= 11 is 1.33. The van der Waals surface area contributed by atoms with Crippen LogP contribution < -0.4 is 10.6 Å². The van der Waals surface area contributed by atoms with Gasteiger partial charge in [0, 0.05) is 37.6 Å². The quantitative estimate of drug-likeness (QED) is 0.474. The number of halogens is 1. The molecule has 1 fully saturated rings. The predicted octanol–water partition coefficient (Wildman–Crippen LogP) is 3.99. The van der Waals surface area contributed by atoms with Crippen molar-refractivity contribution in [2.75, 3.05) is 32.6 Å². The van der Waals surface area contributed by atoms with E-state index in [9.17, 15) is 14.0 Å². The summed E-state index contributed by atoms with van der Waals surface area (Å²) in [6.07, 6.45) is 1.63. The van der Waals surface area contributed by atoms with E-state index < -0.39 is 12.3 Å². The summed E-state index contributed by atoms with van der Waals surface area (Å²) in [4.78, 5) is 31.3. The van der Waals surface area contributed by atoms with Crippen molar-refractivity contribution >= 4 is 55.8 Å². The molecule has 1 saturated heterocycles. The minimum absolute atomic E-state index is 0.0276. The number of nitrogens with zero attached hydrogens (tertiary/aromatic N) is 3. The van der Waals surface area contributed by atoms with Crippen LogP contribution in [-0.2, 0) is 4.74 Å². The van der Waals surface area contributed by atoms with Crippen LogP contribution in [0.1, 0.15) is 9.67 Å². The number of likely N-dealkylation sites (tertiary alicyclic amines) is 1. The van der Waals surface area contributed by atoms with Crippen molar-refractivity contribution < 1.29 is 18.7 Å². The lowest BCUT2D eigenvalue weighted by Crippen LogP contribution is -2.29. The number of pyridine rings is 1. The number of carbonyl (C=O) groups is 2. The summed E-state index contributed by atoms with van der Waals surface area (Å²) in [6.45, 7) is 0.263. The predicted molar refractivity (Wildman–Crippen MR) is 126 cm³/mol. The molecule has 2 amide bonds. The number of nitrogens with one attached hydrogen (secondary N) is 2. The molecule has 2 N–H and O–H groups in total. The zero-order valence-corrected chi connectivity index (χ0v) is 18.9. The van der Waals surface area contributed by atoms with E-state index in [0.29, 0.717) is 10.4 Å². The van der Waals surface area contributed by atoms with Gasteiger partial charge >= 0.3 is 6.03 Å². The number of thiophene rings is 1. The Bertz CT molecular complexity index is 1370. The first kappa shape index (κ1) is 21.4. The normalized spacial score (nSPS) is 18.2. The van der Waals surface area contributed by atoms with Crippen molar-refractivity contribution in [1.29, 1.82) is 0 Å². The summed E-state index contributed by atoms with van der Waals surface area (Å²) in [5, 5.41) is 6.93. The topological polar surface area (TPSA) is 88.5 Å². The largest absolute Gasteiger partial charge is 0.377 e. The highest BCUT2D eigenvalue weighted by Crippen LogP contribution is 2.34. The summed E-state index contributed by atoms with van der Waals surface area (Å²) in [5.74, 6) is -0.219. The van der Waals surface area contributed by atoms with Gasteiger partial charge in [-0.15, -0.1) is 11.3 Å². The Balaban J connectivity index is 1.42. The molecule has 10 heteroatoms. The molecule has 0 spiro atoms. The molecule has 0 saturated carbocycles. The van der Waals surface area contributed by atoms with Gasteiger partial charge in [0.2, 0.25) is 0 Å². The Morgan fingerprint density at radius 1 is 1.21 bits per heavy atom. The number of alkyl halides is 1. The third-order valence-corrected chi connectivity index (χ3v) is 6.96. The molecule has 0 bridgehead atoms. The molecule has 3 aromatic heterocycles. The van der Waals surface area contributed by atoms with Crippen LogP contribution in [0.4, 0.5) is 20.6 Å². The van der Waals surface area contributed by atoms with Crippen molar-refractivity contribution in [1.82, 2.24) is 19.8 Å². The average Bonchev–Trinajstić information content (AvgIpc) is 3.54. The van der Waals surface area contributed by atoms with Crippen LogP contribution in [0.15, 0.2) is 48.8 Å². The van der Waals surface area contributed by atoms with Gasteiger partial charge in [0.25, 0.3) is 5.91 Å². The van der Waals surface area contributed by atoms with Crippen LogP contribution in [0.5, 0.6) is 0 Å². The van der Waals surface area contributed by atoms with Gasteiger partial charge in [-0.05, 0) is 36.4 Å². The van der Waals surface area contributed by atoms with Crippen LogP contribution in [0.2, 0.25) is 0 Å². The minimum atomic E-state index is -1.18. The van der Waals surface area contributed by atoms with Gasteiger partial charge in [0.05, 0.1) is 39.4 Å². The number of benzene rings is 1. The molecule has 5 rings (SSSR count). The van der Waals surface area contributed by atoms with Gasteiger partial charge in [0.15, 0.2) is 0 Å². The molecule has 4 heterocycles. The van der Waals surface area contributed by atoms with E-state index in [1.165, 1.54) is 23.3 Å². The number of anilines is 2. The summed E-state index contributed by atoms with van der Waals surface area (Å²) < 4.78 is 21.6. The zero-order chi connectivity index (χ0) is 23.1. The SMILES string of the molecule is CNC(=O)n1ccc2cc(Nc3ccnc4cc(C(=O)N5CC(F)[C@H](OC)C5)sc34)ccc21. The molecule has 0 radical (unpaired) electrons. The molecule has 1 unspecified atom stereocenters. The molecule has 0 aliphatic carbocycles.